The van der Waals surface area contributed by atoms with E-state index in [0.29, 0.717) is 17.8 Å². The number of hydrogen-bond acceptors (Lipinski definition) is 6. The first-order chi connectivity index (χ1) is 12.8. The molecule has 2 unspecified atom stereocenters. The first-order valence-electron chi connectivity index (χ1n) is 9.29. The van der Waals surface area contributed by atoms with Gasteiger partial charge in [0.05, 0.1) is 5.69 Å². The molecule has 2 saturated carbocycles. The van der Waals surface area contributed by atoms with Crippen LogP contribution in [0, 0.1) is 0 Å². The Bertz CT molecular complexity index is 712. The second-order valence-corrected chi connectivity index (χ2v) is 7.04. The van der Waals surface area contributed by atoms with E-state index in [1.807, 2.05) is 12.1 Å². The predicted molar refractivity (Wildman–Crippen MR) is 95.0 cm³/mol. The number of nitrogens with one attached hydrogen (secondary N) is 2. The third-order valence-corrected chi connectivity index (χ3v) is 5.25. The number of amides is 1. The number of ether oxygens (including phenoxy) is 1. The smallest absolute Gasteiger partial charge is 0.258 e. The Morgan fingerprint density at radius 3 is 2.54 bits per heavy atom. The molecule has 26 heavy (non-hydrogen) atoms. The number of tetrazole rings is 1. The van der Waals surface area contributed by atoms with E-state index in [-0.39, 0.29) is 18.6 Å². The molecule has 1 aromatic carbocycles. The van der Waals surface area contributed by atoms with Crippen molar-refractivity contribution >= 4 is 5.91 Å². The summed E-state index contributed by atoms with van der Waals surface area (Å²) in [6.07, 6.45) is 8.88. The minimum atomic E-state index is -0.0718. The molecule has 0 radical (unpaired) electrons. The molecule has 0 bridgehead atoms. The summed E-state index contributed by atoms with van der Waals surface area (Å²) in [5.41, 5.74) is 0.835. The molecule has 1 aromatic heterocycles. The van der Waals surface area contributed by atoms with Crippen molar-refractivity contribution in [3.63, 3.8) is 0 Å². The van der Waals surface area contributed by atoms with E-state index in [1.54, 1.807) is 16.8 Å². The Labute approximate surface area is 152 Å². The molecule has 2 N–H and O–H groups in total. The zero-order chi connectivity index (χ0) is 17.8. The molecule has 1 amide bonds. The first-order valence-corrected chi connectivity index (χ1v) is 9.29. The maximum Gasteiger partial charge on any atom is 0.258 e. The van der Waals surface area contributed by atoms with Crippen LogP contribution < -0.4 is 15.4 Å². The number of carbonyl (C=O) groups excluding carboxylic acids is 1. The lowest BCUT2D eigenvalue weighted by Crippen LogP contribution is -2.59. The van der Waals surface area contributed by atoms with Gasteiger partial charge in [0.15, 0.2) is 6.61 Å². The van der Waals surface area contributed by atoms with Crippen LogP contribution in [0.4, 0.5) is 0 Å². The highest BCUT2D eigenvalue weighted by atomic mass is 16.5. The van der Waals surface area contributed by atoms with Crippen LogP contribution in [0.3, 0.4) is 0 Å². The SMILES string of the molecule is O=C(COc1ccc(-n2cnnn2)cc1)NC1CCC1NC1CCCC1. The quantitative estimate of drug-likeness (QED) is 0.775. The second-order valence-electron chi connectivity index (χ2n) is 7.04. The molecule has 138 valence electrons. The highest BCUT2D eigenvalue weighted by Gasteiger charge is 2.33. The maximum absolute atomic E-state index is 12.2. The Morgan fingerprint density at radius 1 is 1.12 bits per heavy atom. The normalized spacial score (nSPS) is 22.8. The van der Waals surface area contributed by atoms with Crippen molar-refractivity contribution in [2.45, 2.75) is 56.7 Å². The average molecular weight is 356 g/mol. The van der Waals surface area contributed by atoms with Crippen LogP contribution in [0.25, 0.3) is 5.69 Å². The molecule has 2 aromatic rings. The molecule has 8 heteroatoms. The minimum Gasteiger partial charge on any atom is -0.484 e. The molecule has 2 aliphatic rings. The van der Waals surface area contributed by atoms with Gasteiger partial charge in [-0.3, -0.25) is 4.79 Å². The lowest BCUT2D eigenvalue weighted by molar-refractivity contribution is -0.124. The highest BCUT2D eigenvalue weighted by Crippen LogP contribution is 2.25. The fourth-order valence-corrected chi connectivity index (χ4v) is 3.64. The van der Waals surface area contributed by atoms with Gasteiger partial charge in [-0.1, -0.05) is 12.8 Å². The van der Waals surface area contributed by atoms with Gasteiger partial charge in [0.2, 0.25) is 0 Å². The third-order valence-electron chi connectivity index (χ3n) is 5.25. The minimum absolute atomic E-state index is 0.0247. The molecule has 0 aliphatic heterocycles. The van der Waals surface area contributed by atoms with E-state index in [1.165, 1.54) is 32.0 Å². The van der Waals surface area contributed by atoms with E-state index in [0.717, 1.165) is 18.5 Å². The Kier molecular flexibility index (Phi) is 5.10. The molecule has 0 saturated heterocycles. The van der Waals surface area contributed by atoms with Gasteiger partial charge in [-0.15, -0.1) is 5.10 Å². The van der Waals surface area contributed by atoms with Crippen molar-refractivity contribution in [3.05, 3.63) is 30.6 Å². The number of hydrogen-bond donors (Lipinski definition) is 2. The summed E-state index contributed by atoms with van der Waals surface area (Å²) in [7, 11) is 0. The number of aromatic nitrogens is 4. The lowest BCUT2D eigenvalue weighted by Gasteiger charge is -2.39. The largest absolute Gasteiger partial charge is 0.484 e. The van der Waals surface area contributed by atoms with Crippen molar-refractivity contribution in [2.75, 3.05) is 6.61 Å². The van der Waals surface area contributed by atoms with Crippen LogP contribution in [0.5, 0.6) is 5.75 Å². The fraction of sp³-hybridized carbons (Fsp3) is 0.556. The Morgan fingerprint density at radius 2 is 1.88 bits per heavy atom. The van der Waals surface area contributed by atoms with Crippen LogP contribution >= 0.6 is 0 Å². The lowest BCUT2D eigenvalue weighted by atomic mass is 9.85. The van der Waals surface area contributed by atoms with Gasteiger partial charge in [-0.25, -0.2) is 4.68 Å². The standard InChI is InChI=1S/C18H24N6O2/c25-18(21-17-10-9-16(17)20-13-3-1-2-4-13)11-26-15-7-5-14(6-8-15)24-12-19-22-23-24/h5-8,12-13,16-17,20H,1-4,9-11H2,(H,21,25). The van der Waals surface area contributed by atoms with Gasteiger partial charge in [0, 0.05) is 18.1 Å². The summed E-state index contributed by atoms with van der Waals surface area (Å²) in [4.78, 5) is 12.2. The molecule has 8 nitrogen and oxygen atoms in total. The van der Waals surface area contributed by atoms with Gasteiger partial charge < -0.3 is 15.4 Å². The summed E-state index contributed by atoms with van der Waals surface area (Å²) < 4.78 is 7.15. The number of carbonyl (C=O) groups is 1. The monoisotopic (exact) mass is 356 g/mol. The second kappa shape index (κ2) is 7.82. The van der Waals surface area contributed by atoms with Crippen LogP contribution in [-0.4, -0.2) is 50.8 Å². The highest BCUT2D eigenvalue weighted by molar-refractivity contribution is 5.78. The first kappa shape index (κ1) is 17.0. The van der Waals surface area contributed by atoms with Gasteiger partial charge in [-0.05, 0) is 60.4 Å². The van der Waals surface area contributed by atoms with Gasteiger partial charge >= 0.3 is 0 Å². The van der Waals surface area contributed by atoms with E-state index in [9.17, 15) is 4.79 Å². The van der Waals surface area contributed by atoms with Gasteiger partial charge in [0.25, 0.3) is 5.91 Å². The number of nitrogens with zero attached hydrogens (tertiary/aromatic N) is 4. The molecule has 2 aliphatic carbocycles. The van der Waals surface area contributed by atoms with Crippen molar-refractivity contribution in [3.8, 4) is 11.4 Å². The van der Waals surface area contributed by atoms with E-state index in [4.69, 9.17) is 4.74 Å². The van der Waals surface area contributed by atoms with Crippen molar-refractivity contribution in [1.29, 1.82) is 0 Å². The van der Waals surface area contributed by atoms with Crippen molar-refractivity contribution in [1.82, 2.24) is 30.8 Å². The fourth-order valence-electron chi connectivity index (χ4n) is 3.64. The molecule has 1 heterocycles. The third kappa shape index (κ3) is 4.01. The van der Waals surface area contributed by atoms with Gasteiger partial charge in [0.1, 0.15) is 12.1 Å². The van der Waals surface area contributed by atoms with Crippen molar-refractivity contribution in [2.24, 2.45) is 0 Å². The summed E-state index contributed by atoms with van der Waals surface area (Å²) in [5, 5.41) is 17.8. The molecule has 4 rings (SSSR count). The van der Waals surface area contributed by atoms with Crippen LogP contribution in [-0.2, 0) is 4.79 Å². The molecular formula is C18H24N6O2. The summed E-state index contributed by atoms with van der Waals surface area (Å²) in [6.45, 7) is 0.0247. The van der Waals surface area contributed by atoms with Gasteiger partial charge in [-0.2, -0.15) is 0 Å². The predicted octanol–water partition coefficient (Wildman–Crippen LogP) is 1.22. The topological polar surface area (TPSA) is 94.0 Å². The van der Waals surface area contributed by atoms with Crippen molar-refractivity contribution < 1.29 is 9.53 Å². The maximum atomic E-state index is 12.2. The van der Waals surface area contributed by atoms with E-state index in [2.05, 4.69) is 26.2 Å². The average Bonchev–Trinajstić information content (AvgIpc) is 3.36. The molecule has 2 fully saturated rings. The van der Waals surface area contributed by atoms with Crippen LogP contribution in [0.15, 0.2) is 30.6 Å². The summed E-state index contributed by atoms with van der Waals surface area (Å²) in [6, 6.07) is 8.57. The number of rotatable bonds is 7. The molecule has 0 spiro atoms. The Balaban J connectivity index is 1.21. The molecule has 2 atom stereocenters. The summed E-state index contributed by atoms with van der Waals surface area (Å²) in [5.74, 6) is 0.573. The zero-order valence-corrected chi connectivity index (χ0v) is 14.7. The molecular weight excluding hydrogens is 332 g/mol. The number of benzene rings is 1. The van der Waals surface area contributed by atoms with E-state index < -0.39 is 0 Å². The zero-order valence-electron chi connectivity index (χ0n) is 14.7. The Hall–Kier alpha value is -2.48. The van der Waals surface area contributed by atoms with Crippen LogP contribution in [0.1, 0.15) is 38.5 Å². The summed E-state index contributed by atoms with van der Waals surface area (Å²) >= 11 is 0. The van der Waals surface area contributed by atoms with Crippen LogP contribution in [0.2, 0.25) is 0 Å². The van der Waals surface area contributed by atoms with E-state index >= 15 is 0 Å².